The Bertz CT molecular complexity index is 514. The number of hydrogen-bond donors (Lipinski definition) is 1. The molecule has 0 fully saturated rings. The Hall–Kier alpha value is -0.620. The molecule has 0 saturated carbocycles. The molecule has 0 aliphatic heterocycles. The van der Waals surface area contributed by atoms with E-state index in [2.05, 4.69) is 18.6 Å². The number of sulfonamides is 1. The number of aryl methyl sites for hydroxylation is 1. The second kappa shape index (κ2) is 8.73. The van der Waals surface area contributed by atoms with E-state index in [0.717, 1.165) is 5.56 Å². The smallest absolute Gasteiger partial charge is 0.240 e. The lowest BCUT2D eigenvalue weighted by Crippen LogP contribution is -2.39. The Kier molecular flexibility index (Phi) is 7.66. The summed E-state index contributed by atoms with van der Waals surface area (Å²) in [5.41, 5.74) is 1.03. The van der Waals surface area contributed by atoms with Crippen LogP contribution in [0.4, 0.5) is 0 Å². The highest BCUT2D eigenvalue weighted by Gasteiger charge is 2.21. The van der Waals surface area contributed by atoms with Crippen molar-refractivity contribution in [3.63, 3.8) is 0 Å². The van der Waals surface area contributed by atoms with Crippen molar-refractivity contribution in [3.8, 4) is 0 Å². The third kappa shape index (κ3) is 6.78. The van der Waals surface area contributed by atoms with Crippen LogP contribution in [-0.4, -0.2) is 33.6 Å². The predicted octanol–water partition coefficient (Wildman–Crippen LogP) is 2.94. The zero-order valence-corrected chi connectivity index (χ0v) is 14.4. The van der Waals surface area contributed by atoms with Crippen LogP contribution in [0.3, 0.4) is 0 Å². The van der Waals surface area contributed by atoms with Crippen LogP contribution in [0.5, 0.6) is 0 Å². The molecule has 0 amide bonds. The molecule has 0 bridgehead atoms. The summed E-state index contributed by atoms with van der Waals surface area (Å²) in [4.78, 5) is 0.277. The summed E-state index contributed by atoms with van der Waals surface area (Å²) in [6, 6.07) is 6.55. The topological polar surface area (TPSA) is 55.4 Å². The molecule has 1 aromatic rings. The minimum Gasteiger partial charge on any atom is -0.379 e. The second-order valence-electron chi connectivity index (χ2n) is 5.52. The molecular formula is C15H24ClNO3S. The Morgan fingerprint density at radius 2 is 1.86 bits per heavy atom. The highest BCUT2D eigenvalue weighted by molar-refractivity contribution is 7.89. The van der Waals surface area contributed by atoms with E-state index in [1.165, 1.54) is 0 Å². The molecule has 6 heteroatoms. The van der Waals surface area contributed by atoms with Crippen molar-refractivity contribution in [2.75, 3.05) is 19.1 Å². The molecule has 0 unspecified atom stereocenters. The van der Waals surface area contributed by atoms with Gasteiger partial charge in [0.15, 0.2) is 0 Å². The average molecular weight is 334 g/mol. The van der Waals surface area contributed by atoms with Gasteiger partial charge in [-0.3, -0.25) is 0 Å². The highest BCUT2D eigenvalue weighted by Crippen LogP contribution is 2.13. The number of ether oxygens (including phenoxy) is 1. The van der Waals surface area contributed by atoms with E-state index < -0.39 is 10.0 Å². The van der Waals surface area contributed by atoms with E-state index in [-0.39, 0.29) is 10.9 Å². The zero-order valence-electron chi connectivity index (χ0n) is 12.8. The van der Waals surface area contributed by atoms with Gasteiger partial charge in [-0.05, 0) is 31.4 Å². The lowest BCUT2D eigenvalue weighted by Gasteiger charge is -2.20. The van der Waals surface area contributed by atoms with Crippen LogP contribution < -0.4 is 4.72 Å². The summed E-state index contributed by atoms with van der Waals surface area (Å²) in [5.74, 6) is 0.773. The maximum Gasteiger partial charge on any atom is 0.240 e. The zero-order chi connectivity index (χ0) is 15.9. The quantitative estimate of drug-likeness (QED) is 0.558. The third-order valence-electron chi connectivity index (χ3n) is 2.95. The maximum absolute atomic E-state index is 12.4. The Morgan fingerprint density at radius 1 is 1.24 bits per heavy atom. The first-order chi connectivity index (χ1) is 9.85. The fourth-order valence-electron chi connectivity index (χ4n) is 2.00. The molecule has 0 aliphatic carbocycles. The van der Waals surface area contributed by atoms with Crippen LogP contribution in [-0.2, 0) is 14.8 Å². The molecule has 0 heterocycles. The molecule has 0 saturated heterocycles. The molecule has 1 rings (SSSR count). The fraction of sp³-hybridized carbons (Fsp3) is 0.600. The van der Waals surface area contributed by atoms with Crippen LogP contribution in [0.2, 0.25) is 0 Å². The summed E-state index contributed by atoms with van der Waals surface area (Å²) in [5, 5.41) is 0. The third-order valence-corrected chi connectivity index (χ3v) is 4.64. The number of nitrogens with one attached hydrogen (secondary N) is 1. The lowest BCUT2D eigenvalue weighted by atomic mass is 10.1. The van der Waals surface area contributed by atoms with Gasteiger partial charge >= 0.3 is 0 Å². The highest BCUT2D eigenvalue weighted by atomic mass is 35.5. The van der Waals surface area contributed by atoms with Gasteiger partial charge in [0, 0.05) is 11.9 Å². The van der Waals surface area contributed by atoms with E-state index in [1.54, 1.807) is 24.3 Å². The van der Waals surface area contributed by atoms with E-state index in [4.69, 9.17) is 16.3 Å². The first-order valence-corrected chi connectivity index (χ1v) is 9.09. The summed E-state index contributed by atoms with van der Waals surface area (Å²) >= 11 is 5.57. The van der Waals surface area contributed by atoms with Crippen molar-refractivity contribution in [1.29, 1.82) is 0 Å². The van der Waals surface area contributed by atoms with E-state index in [0.29, 0.717) is 31.4 Å². The van der Waals surface area contributed by atoms with Crippen molar-refractivity contribution in [3.05, 3.63) is 29.8 Å². The van der Waals surface area contributed by atoms with E-state index >= 15 is 0 Å². The Balaban J connectivity index is 2.77. The van der Waals surface area contributed by atoms with Gasteiger partial charge in [0.25, 0.3) is 0 Å². The molecule has 1 atom stereocenters. The molecule has 0 radical (unpaired) electrons. The molecule has 21 heavy (non-hydrogen) atoms. The second-order valence-corrected chi connectivity index (χ2v) is 7.62. The molecule has 0 spiro atoms. The minimum absolute atomic E-state index is 0.250. The van der Waals surface area contributed by atoms with Crippen LogP contribution in [0, 0.1) is 12.8 Å². The van der Waals surface area contributed by atoms with Crippen molar-refractivity contribution in [1.82, 2.24) is 4.72 Å². The fourth-order valence-corrected chi connectivity index (χ4v) is 3.35. The Labute approximate surface area is 132 Å². The molecule has 120 valence electrons. The first-order valence-electron chi connectivity index (χ1n) is 7.08. The molecule has 0 aliphatic rings. The van der Waals surface area contributed by atoms with Gasteiger partial charge in [-0.2, -0.15) is 0 Å². The van der Waals surface area contributed by atoms with E-state index in [9.17, 15) is 8.42 Å². The molecule has 1 aromatic carbocycles. The number of alkyl halides is 1. The van der Waals surface area contributed by atoms with Gasteiger partial charge < -0.3 is 4.74 Å². The predicted molar refractivity (Wildman–Crippen MR) is 86.3 cm³/mol. The van der Waals surface area contributed by atoms with Gasteiger partial charge in [0.2, 0.25) is 10.0 Å². The standard InChI is InChI=1S/C15H24ClNO3S/c1-12(2)10-14(11-20-9-8-16)17-21(18,19)15-6-4-13(3)5-7-15/h4-7,12,14,17H,8-11H2,1-3H3/t14-/m0/s1. The van der Waals surface area contributed by atoms with Gasteiger partial charge in [-0.25, -0.2) is 13.1 Å². The van der Waals surface area contributed by atoms with Crippen molar-refractivity contribution < 1.29 is 13.2 Å². The maximum atomic E-state index is 12.4. The first kappa shape index (κ1) is 18.4. The van der Waals surface area contributed by atoms with E-state index in [1.807, 2.05) is 6.92 Å². The largest absolute Gasteiger partial charge is 0.379 e. The number of halogens is 1. The number of rotatable bonds is 9. The van der Waals surface area contributed by atoms with Crippen LogP contribution >= 0.6 is 11.6 Å². The summed E-state index contributed by atoms with van der Waals surface area (Å²) < 4.78 is 32.9. The van der Waals surface area contributed by atoms with Crippen molar-refractivity contribution >= 4 is 21.6 Å². The normalized spacial score (nSPS) is 13.6. The summed E-state index contributed by atoms with van der Waals surface area (Å²) in [6.45, 7) is 6.77. The monoisotopic (exact) mass is 333 g/mol. The van der Waals surface area contributed by atoms with Crippen molar-refractivity contribution in [2.24, 2.45) is 5.92 Å². The molecule has 1 N–H and O–H groups in total. The van der Waals surface area contributed by atoms with Crippen LogP contribution in [0.1, 0.15) is 25.8 Å². The molecule has 0 aromatic heterocycles. The van der Waals surface area contributed by atoms with Crippen molar-refractivity contribution in [2.45, 2.75) is 38.1 Å². The molecule has 4 nitrogen and oxygen atoms in total. The SMILES string of the molecule is Cc1ccc(S(=O)(=O)N[C@H](COCCCl)CC(C)C)cc1. The number of hydrogen-bond acceptors (Lipinski definition) is 3. The van der Waals surface area contributed by atoms with Gasteiger partial charge in [-0.15, -0.1) is 11.6 Å². The summed E-state index contributed by atoms with van der Waals surface area (Å²) in [7, 11) is -3.52. The minimum atomic E-state index is -3.52. The van der Waals surface area contributed by atoms with Gasteiger partial charge in [0.05, 0.1) is 18.1 Å². The summed E-state index contributed by atoms with van der Waals surface area (Å²) in [6.07, 6.45) is 0.716. The van der Waals surface area contributed by atoms with Crippen LogP contribution in [0.25, 0.3) is 0 Å². The van der Waals surface area contributed by atoms with Gasteiger partial charge in [-0.1, -0.05) is 31.5 Å². The van der Waals surface area contributed by atoms with Crippen LogP contribution in [0.15, 0.2) is 29.2 Å². The Morgan fingerprint density at radius 3 is 2.38 bits per heavy atom. The number of benzene rings is 1. The average Bonchev–Trinajstić information content (AvgIpc) is 2.38. The van der Waals surface area contributed by atoms with Gasteiger partial charge in [0.1, 0.15) is 0 Å². The molecular weight excluding hydrogens is 310 g/mol. The lowest BCUT2D eigenvalue weighted by molar-refractivity contribution is 0.124.